The second kappa shape index (κ2) is 5.16. The number of hydrogen-bond acceptors (Lipinski definition) is 4. The summed E-state index contributed by atoms with van der Waals surface area (Å²) >= 11 is 0. The largest absolute Gasteiger partial charge is 0.345 e. The smallest absolute Gasteiger partial charge is 0.264 e. The first-order valence-electron chi connectivity index (χ1n) is 6.46. The van der Waals surface area contributed by atoms with Crippen LogP contribution in [0.4, 0.5) is 5.69 Å². The van der Waals surface area contributed by atoms with Gasteiger partial charge in [0.25, 0.3) is 10.0 Å². The third-order valence-corrected chi connectivity index (χ3v) is 4.61. The van der Waals surface area contributed by atoms with Gasteiger partial charge in [-0.25, -0.2) is 13.4 Å². The van der Waals surface area contributed by atoms with Gasteiger partial charge < -0.3 is 4.98 Å². The van der Waals surface area contributed by atoms with Gasteiger partial charge in [-0.3, -0.25) is 4.72 Å². The Morgan fingerprint density at radius 3 is 2.68 bits per heavy atom. The standard InChI is InChI=1S/C15H12N4O2S/c1-10-6-13-14(9-18-15(13)17-8-10)22(20,21)19-12-4-2-11(7-16)3-5-12/h2-6,8-9,19H,1H3,(H,17,18). The van der Waals surface area contributed by atoms with Crippen LogP contribution in [0.15, 0.2) is 47.6 Å². The van der Waals surface area contributed by atoms with E-state index in [-0.39, 0.29) is 4.90 Å². The molecule has 3 aromatic rings. The molecule has 3 rings (SSSR count). The Bertz CT molecular complexity index is 983. The molecule has 0 saturated heterocycles. The number of fused-ring (bicyclic) bond motifs is 1. The van der Waals surface area contributed by atoms with E-state index in [1.165, 1.54) is 6.20 Å². The molecule has 0 unspecified atom stereocenters. The van der Waals surface area contributed by atoms with E-state index in [9.17, 15) is 8.42 Å². The van der Waals surface area contributed by atoms with Crippen molar-refractivity contribution in [2.45, 2.75) is 11.8 Å². The van der Waals surface area contributed by atoms with Crippen LogP contribution in [0.25, 0.3) is 11.0 Å². The maximum absolute atomic E-state index is 12.5. The number of H-pyrrole nitrogens is 1. The van der Waals surface area contributed by atoms with E-state index in [0.29, 0.717) is 22.3 Å². The van der Waals surface area contributed by atoms with Gasteiger partial charge in [0.15, 0.2) is 0 Å². The Balaban J connectivity index is 2.01. The zero-order valence-corrected chi connectivity index (χ0v) is 12.5. The van der Waals surface area contributed by atoms with Crippen molar-refractivity contribution in [2.75, 3.05) is 4.72 Å². The maximum atomic E-state index is 12.5. The van der Waals surface area contributed by atoms with Crippen LogP contribution in [0.5, 0.6) is 0 Å². The van der Waals surface area contributed by atoms with Gasteiger partial charge in [0.1, 0.15) is 10.5 Å². The van der Waals surface area contributed by atoms with Crippen LogP contribution in [0, 0.1) is 18.3 Å². The quantitative estimate of drug-likeness (QED) is 0.776. The summed E-state index contributed by atoms with van der Waals surface area (Å²) in [7, 11) is -3.74. The number of rotatable bonds is 3. The van der Waals surface area contributed by atoms with Crippen molar-refractivity contribution in [2.24, 2.45) is 0 Å². The van der Waals surface area contributed by atoms with Gasteiger partial charge in [-0.15, -0.1) is 0 Å². The number of benzene rings is 1. The summed E-state index contributed by atoms with van der Waals surface area (Å²) in [6, 6.07) is 9.96. The highest BCUT2D eigenvalue weighted by Gasteiger charge is 2.19. The summed E-state index contributed by atoms with van der Waals surface area (Å²) in [6.07, 6.45) is 3.09. The molecule has 7 heteroatoms. The van der Waals surface area contributed by atoms with Gasteiger partial charge in [-0.05, 0) is 42.8 Å². The molecule has 0 bridgehead atoms. The molecule has 1 aromatic carbocycles. The van der Waals surface area contributed by atoms with E-state index in [4.69, 9.17) is 5.26 Å². The summed E-state index contributed by atoms with van der Waals surface area (Å²) in [6.45, 7) is 1.85. The molecule has 0 fully saturated rings. The highest BCUT2D eigenvalue weighted by Crippen LogP contribution is 2.24. The Kier molecular flexibility index (Phi) is 3.31. The van der Waals surface area contributed by atoms with E-state index in [1.54, 1.807) is 36.5 Å². The Labute approximate surface area is 127 Å². The predicted octanol–water partition coefficient (Wildman–Crippen LogP) is 2.54. The van der Waals surface area contributed by atoms with Crippen LogP contribution in [0.3, 0.4) is 0 Å². The Morgan fingerprint density at radius 2 is 2.00 bits per heavy atom. The van der Waals surface area contributed by atoms with Gasteiger partial charge in [-0.1, -0.05) is 0 Å². The maximum Gasteiger partial charge on any atom is 0.264 e. The van der Waals surface area contributed by atoms with Crippen LogP contribution in [-0.2, 0) is 10.0 Å². The number of aromatic amines is 1. The summed E-state index contributed by atoms with van der Waals surface area (Å²) in [5, 5.41) is 9.30. The molecule has 22 heavy (non-hydrogen) atoms. The number of sulfonamides is 1. The normalized spacial score (nSPS) is 11.3. The number of anilines is 1. The first-order valence-corrected chi connectivity index (χ1v) is 7.94. The lowest BCUT2D eigenvalue weighted by molar-refractivity contribution is 0.602. The van der Waals surface area contributed by atoms with E-state index in [2.05, 4.69) is 14.7 Å². The summed E-state index contributed by atoms with van der Waals surface area (Å²) in [4.78, 5) is 7.15. The summed E-state index contributed by atoms with van der Waals surface area (Å²) in [5.74, 6) is 0. The predicted molar refractivity (Wildman–Crippen MR) is 82.8 cm³/mol. The minimum Gasteiger partial charge on any atom is -0.345 e. The zero-order chi connectivity index (χ0) is 15.7. The number of aryl methyl sites for hydroxylation is 1. The zero-order valence-electron chi connectivity index (χ0n) is 11.7. The average molecular weight is 312 g/mol. The van der Waals surface area contributed by atoms with Crippen molar-refractivity contribution >= 4 is 26.7 Å². The highest BCUT2D eigenvalue weighted by atomic mass is 32.2. The van der Waals surface area contributed by atoms with Crippen molar-refractivity contribution < 1.29 is 8.42 Å². The van der Waals surface area contributed by atoms with Crippen LogP contribution in [-0.4, -0.2) is 18.4 Å². The average Bonchev–Trinajstić information content (AvgIpc) is 2.91. The van der Waals surface area contributed by atoms with Gasteiger partial charge in [0.2, 0.25) is 0 Å². The van der Waals surface area contributed by atoms with E-state index < -0.39 is 10.0 Å². The number of nitrogens with zero attached hydrogens (tertiary/aromatic N) is 2. The Hall–Kier alpha value is -2.85. The third kappa shape index (κ3) is 2.52. The number of pyridine rings is 1. The molecule has 0 aliphatic heterocycles. The van der Waals surface area contributed by atoms with Crippen molar-refractivity contribution in [1.29, 1.82) is 5.26 Å². The van der Waals surface area contributed by atoms with E-state index in [1.807, 2.05) is 13.0 Å². The second-order valence-electron chi connectivity index (χ2n) is 4.86. The van der Waals surface area contributed by atoms with Gasteiger partial charge in [-0.2, -0.15) is 5.26 Å². The molecule has 2 heterocycles. The van der Waals surface area contributed by atoms with Gasteiger partial charge >= 0.3 is 0 Å². The molecule has 6 nitrogen and oxygen atoms in total. The van der Waals surface area contributed by atoms with Crippen LogP contribution < -0.4 is 4.72 Å². The fourth-order valence-corrected chi connectivity index (χ4v) is 3.34. The number of nitrogens with one attached hydrogen (secondary N) is 2. The fraction of sp³-hybridized carbons (Fsp3) is 0.0667. The van der Waals surface area contributed by atoms with Gasteiger partial charge in [0, 0.05) is 23.5 Å². The second-order valence-corrected chi connectivity index (χ2v) is 6.51. The van der Waals surface area contributed by atoms with Crippen LogP contribution in [0.2, 0.25) is 0 Å². The number of hydrogen-bond donors (Lipinski definition) is 2. The fourth-order valence-electron chi connectivity index (χ4n) is 2.13. The molecule has 0 aliphatic rings. The third-order valence-electron chi connectivity index (χ3n) is 3.19. The number of nitriles is 1. The lowest BCUT2D eigenvalue weighted by atomic mass is 10.2. The minimum absolute atomic E-state index is 0.142. The first-order chi connectivity index (χ1) is 10.5. The van der Waals surface area contributed by atoms with Crippen LogP contribution in [0.1, 0.15) is 11.1 Å². The van der Waals surface area contributed by atoms with Gasteiger partial charge in [0.05, 0.1) is 11.6 Å². The van der Waals surface area contributed by atoms with E-state index in [0.717, 1.165) is 5.56 Å². The topological polar surface area (TPSA) is 98.6 Å². The molecule has 0 saturated carbocycles. The molecule has 0 aliphatic carbocycles. The van der Waals surface area contributed by atoms with Crippen LogP contribution >= 0.6 is 0 Å². The first kappa shape index (κ1) is 14.1. The van der Waals surface area contributed by atoms with Crippen molar-refractivity contribution in [3.8, 4) is 6.07 Å². The summed E-state index contributed by atoms with van der Waals surface area (Å²) in [5.41, 5.74) is 2.26. The number of aromatic nitrogens is 2. The minimum atomic E-state index is -3.74. The molecule has 0 atom stereocenters. The molecule has 0 amide bonds. The van der Waals surface area contributed by atoms with Crippen molar-refractivity contribution in [3.05, 3.63) is 53.9 Å². The molecular weight excluding hydrogens is 300 g/mol. The molecule has 2 aromatic heterocycles. The van der Waals surface area contributed by atoms with Crippen molar-refractivity contribution in [1.82, 2.24) is 9.97 Å². The Morgan fingerprint density at radius 1 is 1.27 bits per heavy atom. The SMILES string of the molecule is Cc1cnc2[nH]cc(S(=O)(=O)Nc3ccc(C#N)cc3)c2c1. The molecule has 0 radical (unpaired) electrons. The lowest BCUT2D eigenvalue weighted by Gasteiger charge is -2.07. The molecule has 110 valence electrons. The van der Waals surface area contributed by atoms with E-state index >= 15 is 0 Å². The highest BCUT2D eigenvalue weighted by molar-refractivity contribution is 7.93. The lowest BCUT2D eigenvalue weighted by Crippen LogP contribution is -2.12. The summed E-state index contributed by atoms with van der Waals surface area (Å²) < 4.78 is 27.5. The molecule has 2 N–H and O–H groups in total. The molecule has 0 spiro atoms. The van der Waals surface area contributed by atoms with Crippen molar-refractivity contribution in [3.63, 3.8) is 0 Å². The molecular formula is C15H12N4O2S. The monoisotopic (exact) mass is 312 g/mol.